The van der Waals surface area contributed by atoms with Crippen LogP contribution in [-0.4, -0.2) is 50.1 Å². The van der Waals surface area contributed by atoms with Crippen molar-refractivity contribution in [2.24, 2.45) is 0 Å². The molecule has 3 rings (SSSR count). The summed E-state index contributed by atoms with van der Waals surface area (Å²) >= 11 is 0. The number of aryl methyl sites for hydroxylation is 1. The van der Waals surface area contributed by atoms with Crippen molar-refractivity contribution in [1.29, 1.82) is 0 Å². The van der Waals surface area contributed by atoms with Gasteiger partial charge in [0.2, 0.25) is 0 Å². The fraction of sp³-hybridized carbons (Fsp3) is 0.400. The maximum atomic E-state index is 11.6. The molecule has 0 saturated heterocycles. The first-order valence-corrected chi connectivity index (χ1v) is 11.0. The van der Waals surface area contributed by atoms with Crippen LogP contribution in [0.25, 0.3) is 10.9 Å². The van der Waals surface area contributed by atoms with Gasteiger partial charge in [0.05, 0.1) is 19.2 Å². The van der Waals surface area contributed by atoms with Crippen molar-refractivity contribution in [3.05, 3.63) is 48.3 Å². The summed E-state index contributed by atoms with van der Waals surface area (Å²) in [6.45, 7) is 4.51. The molecule has 176 valence electrons. The zero-order chi connectivity index (χ0) is 23.6. The summed E-state index contributed by atoms with van der Waals surface area (Å²) in [7, 11) is 3.18. The van der Waals surface area contributed by atoms with Crippen LogP contribution in [0.1, 0.15) is 32.0 Å². The van der Waals surface area contributed by atoms with E-state index in [0.717, 1.165) is 22.4 Å². The molecule has 0 bridgehead atoms. The van der Waals surface area contributed by atoms with Crippen LogP contribution < -0.4 is 14.4 Å². The topological polar surface area (TPSA) is 83.0 Å². The number of anilines is 2. The van der Waals surface area contributed by atoms with Gasteiger partial charge < -0.3 is 23.8 Å². The van der Waals surface area contributed by atoms with Crippen LogP contribution in [0.5, 0.6) is 11.5 Å². The third-order valence-electron chi connectivity index (χ3n) is 5.08. The van der Waals surface area contributed by atoms with Gasteiger partial charge in [0, 0.05) is 37.1 Å². The van der Waals surface area contributed by atoms with Gasteiger partial charge in [0.15, 0.2) is 11.5 Å². The number of fused-ring (bicyclic) bond motifs is 1. The molecule has 0 fully saturated rings. The average Bonchev–Trinajstić information content (AvgIpc) is 2.83. The molecule has 33 heavy (non-hydrogen) atoms. The number of para-hydroxylation sites is 1. The second-order valence-electron chi connectivity index (χ2n) is 7.46. The quantitative estimate of drug-likeness (QED) is 0.270. The number of ketones is 1. The van der Waals surface area contributed by atoms with Crippen LogP contribution in [0.3, 0.4) is 0 Å². The molecular weight excluding hydrogens is 422 g/mol. The predicted octanol–water partition coefficient (Wildman–Crippen LogP) is 4.80. The molecule has 0 atom stereocenters. The van der Waals surface area contributed by atoms with Crippen LogP contribution in [0.15, 0.2) is 42.5 Å². The van der Waals surface area contributed by atoms with E-state index in [0.29, 0.717) is 43.2 Å². The molecule has 1 heterocycles. The van der Waals surface area contributed by atoms with Gasteiger partial charge in [-0.3, -0.25) is 4.79 Å². The molecule has 8 nitrogen and oxygen atoms in total. The fourth-order valence-corrected chi connectivity index (χ4v) is 3.42. The van der Waals surface area contributed by atoms with Gasteiger partial charge in [-0.15, -0.1) is 0 Å². The molecule has 2 aromatic carbocycles. The molecular formula is C25H31N3O5. The standard InChI is InChI=1S/C25H31N3O5/c1-5-20(29)9-8-14-33-24-15-19(12-13-23(24)31-4)28(16-32-17-30-3)25-21-10-6-7-11-22(21)26-18(2)27-25/h6-7,10-13,15H,5,8-9,14,16-17H2,1-4H3. The summed E-state index contributed by atoms with van der Waals surface area (Å²) in [4.78, 5) is 22.8. The molecule has 0 aliphatic rings. The number of ether oxygens (including phenoxy) is 4. The fourth-order valence-electron chi connectivity index (χ4n) is 3.42. The normalized spacial score (nSPS) is 10.9. The summed E-state index contributed by atoms with van der Waals surface area (Å²) < 4.78 is 22.3. The minimum Gasteiger partial charge on any atom is -0.493 e. The molecule has 3 aromatic rings. The Bertz CT molecular complexity index is 1070. The maximum absolute atomic E-state index is 11.6. The van der Waals surface area contributed by atoms with Crippen molar-refractivity contribution in [3.8, 4) is 11.5 Å². The van der Waals surface area contributed by atoms with Crippen molar-refractivity contribution in [1.82, 2.24) is 9.97 Å². The van der Waals surface area contributed by atoms with Gasteiger partial charge in [-0.05, 0) is 37.6 Å². The van der Waals surface area contributed by atoms with E-state index in [1.165, 1.54) is 0 Å². The van der Waals surface area contributed by atoms with Gasteiger partial charge >= 0.3 is 0 Å². The van der Waals surface area contributed by atoms with Crippen LogP contribution in [0.4, 0.5) is 11.5 Å². The number of hydrogen-bond acceptors (Lipinski definition) is 8. The zero-order valence-corrected chi connectivity index (χ0v) is 19.7. The predicted molar refractivity (Wildman–Crippen MR) is 127 cm³/mol. The Morgan fingerprint density at radius 3 is 2.64 bits per heavy atom. The van der Waals surface area contributed by atoms with E-state index in [9.17, 15) is 4.79 Å². The first-order valence-electron chi connectivity index (χ1n) is 11.0. The second-order valence-corrected chi connectivity index (χ2v) is 7.46. The summed E-state index contributed by atoms with van der Waals surface area (Å²) in [5.74, 6) is 2.81. The number of benzene rings is 2. The van der Waals surface area contributed by atoms with E-state index in [-0.39, 0.29) is 19.3 Å². The molecule has 1 aromatic heterocycles. The largest absolute Gasteiger partial charge is 0.493 e. The summed E-state index contributed by atoms with van der Waals surface area (Å²) in [5.41, 5.74) is 1.66. The van der Waals surface area contributed by atoms with Crippen LogP contribution in [0, 0.1) is 6.92 Å². The summed E-state index contributed by atoms with van der Waals surface area (Å²) in [6.07, 6.45) is 1.69. The Morgan fingerprint density at radius 1 is 1.06 bits per heavy atom. The third kappa shape index (κ3) is 6.40. The van der Waals surface area contributed by atoms with Crippen molar-refractivity contribution >= 4 is 28.2 Å². The number of carbonyl (C=O) groups excluding carboxylic acids is 1. The third-order valence-corrected chi connectivity index (χ3v) is 5.08. The Balaban J connectivity index is 1.95. The highest BCUT2D eigenvalue weighted by atomic mass is 16.7. The van der Waals surface area contributed by atoms with E-state index in [1.807, 2.05) is 61.2 Å². The van der Waals surface area contributed by atoms with E-state index >= 15 is 0 Å². The number of hydrogen-bond donors (Lipinski definition) is 0. The number of carbonyl (C=O) groups is 1. The summed E-state index contributed by atoms with van der Waals surface area (Å²) in [5, 5.41) is 0.903. The van der Waals surface area contributed by atoms with Gasteiger partial charge in [-0.1, -0.05) is 19.1 Å². The first kappa shape index (κ1) is 24.4. The smallest absolute Gasteiger partial charge is 0.163 e. The number of rotatable bonds is 13. The molecule has 0 saturated carbocycles. The Labute approximate surface area is 194 Å². The van der Waals surface area contributed by atoms with Crippen LogP contribution in [-0.2, 0) is 14.3 Å². The molecule has 8 heteroatoms. The molecule has 0 unspecified atom stereocenters. The lowest BCUT2D eigenvalue weighted by Gasteiger charge is -2.26. The molecule has 0 radical (unpaired) electrons. The van der Waals surface area contributed by atoms with Crippen molar-refractivity contribution in [3.63, 3.8) is 0 Å². The average molecular weight is 454 g/mol. The van der Waals surface area contributed by atoms with Gasteiger partial charge in [0.25, 0.3) is 0 Å². The van der Waals surface area contributed by atoms with E-state index in [2.05, 4.69) is 4.98 Å². The SMILES string of the molecule is CCC(=O)CCCOc1cc(N(COCOC)c2nc(C)nc3ccccc23)ccc1OC. The lowest BCUT2D eigenvalue weighted by Crippen LogP contribution is -2.23. The summed E-state index contributed by atoms with van der Waals surface area (Å²) in [6, 6.07) is 13.5. The highest BCUT2D eigenvalue weighted by Crippen LogP contribution is 2.36. The number of nitrogens with zero attached hydrogens (tertiary/aromatic N) is 3. The van der Waals surface area contributed by atoms with Crippen LogP contribution >= 0.6 is 0 Å². The zero-order valence-electron chi connectivity index (χ0n) is 19.7. The van der Waals surface area contributed by atoms with E-state index in [1.54, 1.807) is 14.2 Å². The molecule has 0 amide bonds. The molecule has 0 N–H and O–H groups in total. The minimum absolute atomic E-state index is 0.142. The van der Waals surface area contributed by atoms with Crippen LogP contribution in [0.2, 0.25) is 0 Å². The van der Waals surface area contributed by atoms with Crippen molar-refractivity contribution < 1.29 is 23.7 Å². The van der Waals surface area contributed by atoms with Crippen molar-refractivity contribution in [2.45, 2.75) is 33.1 Å². The Morgan fingerprint density at radius 2 is 1.88 bits per heavy atom. The lowest BCUT2D eigenvalue weighted by molar-refractivity contribution is -0.118. The van der Waals surface area contributed by atoms with Gasteiger partial charge in [-0.25, -0.2) is 9.97 Å². The maximum Gasteiger partial charge on any atom is 0.163 e. The number of aromatic nitrogens is 2. The van der Waals surface area contributed by atoms with E-state index in [4.69, 9.17) is 23.9 Å². The highest BCUT2D eigenvalue weighted by Gasteiger charge is 2.18. The molecule has 0 spiro atoms. The highest BCUT2D eigenvalue weighted by molar-refractivity contribution is 5.91. The Kier molecular flexibility index (Phi) is 8.97. The minimum atomic E-state index is 0.142. The number of Topliss-reactive ketones (excluding diaryl/α,β-unsaturated/α-hetero) is 1. The van der Waals surface area contributed by atoms with Gasteiger partial charge in [-0.2, -0.15) is 0 Å². The van der Waals surface area contributed by atoms with E-state index < -0.39 is 0 Å². The molecule has 0 aliphatic heterocycles. The second kappa shape index (κ2) is 12.1. The Hall–Kier alpha value is -3.23. The monoisotopic (exact) mass is 453 g/mol. The first-order chi connectivity index (χ1) is 16.1. The lowest BCUT2D eigenvalue weighted by atomic mass is 10.2. The van der Waals surface area contributed by atoms with Crippen molar-refractivity contribution in [2.75, 3.05) is 39.3 Å². The van der Waals surface area contributed by atoms with Gasteiger partial charge in [0.1, 0.15) is 30.9 Å². The number of methoxy groups -OCH3 is 2. The molecule has 0 aliphatic carbocycles.